The molecule has 0 bridgehead atoms. The van der Waals surface area contributed by atoms with Crippen LogP contribution in [0.25, 0.3) is 0 Å². The zero-order chi connectivity index (χ0) is 15.6. The summed E-state index contributed by atoms with van der Waals surface area (Å²) in [4.78, 5) is 25.5. The van der Waals surface area contributed by atoms with Gasteiger partial charge in [0.15, 0.2) is 0 Å². The number of nitrogens with zero attached hydrogens (tertiary/aromatic N) is 1. The first kappa shape index (κ1) is 15.3. The highest BCUT2D eigenvalue weighted by molar-refractivity contribution is 5.95. The molecule has 0 saturated heterocycles. The summed E-state index contributed by atoms with van der Waals surface area (Å²) in [5.41, 5.74) is 1.67. The molecule has 114 valence electrons. The second-order valence-electron chi connectivity index (χ2n) is 5.62. The van der Waals surface area contributed by atoms with Gasteiger partial charge in [-0.15, -0.1) is 0 Å². The van der Waals surface area contributed by atoms with Gasteiger partial charge in [0.05, 0.1) is 6.04 Å². The van der Waals surface area contributed by atoms with Crippen LogP contribution >= 0.6 is 0 Å². The topological polar surface area (TPSA) is 49.4 Å². The van der Waals surface area contributed by atoms with Crippen molar-refractivity contribution in [1.29, 1.82) is 0 Å². The Morgan fingerprint density at radius 3 is 2.14 bits per heavy atom. The van der Waals surface area contributed by atoms with E-state index < -0.39 is 0 Å². The predicted molar refractivity (Wildman–Crippen MR) is 85.0 cm³/mol. The number of hydrogen-bond donors (Lipinski definition) is 1. The van der Waals surface area contributed by atoms with E-state index in [9.17, 15) is 9.59 Å². The van der Waals surface area contributed by atoms with Gasteiger partial charge >= 0.3 is 0 Å². The van der Waals surface area contributed by atoms with Crippen LogP contribution in [0.5, 0.6) is 0 Å². The van der Waals surface area contributed by atoms with Crippen molar-refractivity contribution in [2.24, 2.45) is 0 Å². The highest BCUT2D eigenvalue weighted by atomic mass is 16.2. The van der Waals surface area contributed by atoms with Gasteiger partial charge < -0.3 is 10.2 Å². The van der Waals surface area contributed by atoms with E-state index in [-0.39, 0.29) is 31.4 Å². The Morgan fingerprint density at radius 2 is 1.67 bits per heavy atom. The van der Waals surface area contributed by atoms with Gasteiger partial charge in [0.2, 0.25) is 5.91 Å². The maximum Gasteiger partial charge on any atom is 0.254 e. The molecule has 21 heavy (non-hydrogen) atoms. The Hall–Kier alpha value is -2.10. The van der Waals surface area contributed by atoms with E-state index >= 15 is 0 Å². The average Bonchev–Trinajstić information content (AvgIpc) is 2.77. The number of amides is 2. The summed E-state index contributed by atoms with van der Waals surface area (Å²) in [7, 11) is 0. The van der Waals surface area contributed by atoms with Crippen LogP contribution in [-0.2, 0) is 4.79 Å². The highest BCUT2D eigenvalue weighted by Gasteiger charge is 2.27. The second kappa shape index (κ2) is 6.12. The fraction of sp³-hybridized carbons (Fsp3) is 0.412. The normalized spacial score (nSPS) is 22.2. The Morgan fingerprint density at radius 1 is 1.14 bits per heavy atom. The largest absolute Gasteiger partial charge is 0.350 e. The van der Waals surface area contributed by atoms with Gasteiger partial charge in [-0.2, -0.15) is 0 Å². The van der Waals surface area contributed by atoms with Crippen molar-refractivity contribution >= 4 is 11.8 Å². The smallest absolute Gasteiger partial charge is 0.254 e. The summed E-state index contributed by atoms with van der Waals surface area (Å²) in [5, 5.41) is 2.83. The highest BCUT2D eigenvalue weighted by Crippen LogP contribution is 2.21. The number of hydrogen-bond acceptors (Lipinski definition) is 2. The number of rotatable bonds is 3. The summed E-state index contributed by atoms with van der Waals surface area (Å²) in [6.45, 7) is 7.46. The standard InChI is InChI=1S/C17H22N2O2.H2/c1-11-5-6-12(2)19(11)17(21)16-9-7-15(8-10-16)13(3)18-14(4)20;/h5-13H,1-4H3,(H,18,20);1H/t11?,12?,13-;/m1./s1. The summed E-state index contributed by atoms with van der Waals surface area (Å²) in [6.07, 6.45) is 4.10. The Balaban J connectivity index is 0.00000242. The summed E-state index contributed by atoms with van der Waals surface area (Å²) in [6, 6.07) is 7.65. The minimum Gasteiger partial charge on any atom is -0.350 e. The molecule has 2 rings (SSSR count). The molecule has 1 aliphatic heterocycles. The van der Waals surface area contributed by atoms with Gasteiger partial charge in [0, 0.05) is 26.0 Å². The lowest BCUT2D eigenvalue weighted by Gasteiger charge is -2.26. The Labute approximate surface area is 127 Å². The molecule has 1 aromatic carbocycles. The zero-order valence-corrected chi connectivity index (χ0v) is 13.0. The lowest BCUT2D eigenvalue weighted by atomic mass is 10.0. The molecule has 1 heterocycles. The number of benzene rings is 1. The third kappa shape index (κ3) is 3.32. The zero-order valence-electron chi connectivity index (χ0n) is 13.0. The summed E-state index contributed by atoms with van der Waals surface area (Å²) >= 11 is 0. The molecule has 0 spiro atoms. The molecule has 1 aliphatic rings. The van der Waals surface area contributed by atoms with Gasteiger partial charge in [0.25, 0.3) is 5.91 Å². The van der Waals surface area contributed by atoms with Gasteiger partial charge in [-0.1, -0.05) is 24.3 Å². The van der Waals surface area contributed by atoms with Crippen LogP contribution in [-0.4, -0.2) is 28.8 Å². The molecule has 1 aromatic rings. The summed E-state index contributed by atoms with van der Waals surface area (Å²) < 4.78 is 0. The Kier molecular flexibility index (Phi) is 4.46. The van der Waals surface area contributed by atoms with Crippen LogP contribution in [0, 0.1) is 0 Å². The molecule has 0 aliphatic carbocycles. The minimum atomic E-state index is -0.0616. The molecule has 2 amide bonds. The molecule has 1 N–H and O–H groups in total. The molecular weight excluding hydrogens is 264 g/mol. The van der Waals surface area contributed by atoms with Crippen LogP contribution in [0.4, 0.5) is 0 Å². The van der Waals surface area contributed by atoms with Gasteiger partial charge in [-0.3, -0.25) is 9.59 Å². The second-order valence-corrected chi connectivity index (χ2v) is 5.62. The first-order valence-electron chi connectivity index (χ1n) is 7.28. The van der Waals surface area contributed by atoms with E-state index in [0.717, 1.165) is 5.56 Å². The maximum atomic E-state index is 12.5. The molecule has 3 atom stereocenters. The molecule has 4 nitrogen and oxygen atoms in total. The lowest BCUT2D eigenvalue weighted by molar-refractivity contribution is -0.119. The van der Waals surface area contributed by atoms with Crippen molar-refractivity contribution in [3.05, 3.63) is 47.5 Å². The van der Waals surface area contributed by atoms with Gasteiger partial charge in [0.1, 0.15) is 0 Å². The van der Waals surface area contributed by atoms with Crippen molar-refractivity contribution in [2.45, 2.75) is 45.8 Å². The van der Waals surface area contributed by atoms with Crippen molar-refractivity contribution in [3.8, 4) is 0 Å². The molecule has 0 radical (unpaired) electrons. The number of carbonyl (C=O) groups is 2. The third-order valence-electron chi connectivity index (χ3n) is 3.86. The van der Waals surface area contributed by atoms with E-state index in [1.54, 1.807) is 0 Å². The first-order valence-corrected chi connectivity index (χ1v) is 7.28. The average molecular weight is 288 g/mol. The number of carbonyl (C=O) groups excluding carboxylic acids is 2. The van der Waals surface area contributed by atoms with E-state index in [2.05, 4.69) is 17.5 Å². The lowest BCUT2D eigenvalue weighted by Crippen LogP contribution is -2.39. The molecule has 0 fully saturated rings. The fourth-order valence-corrected chi connectivity index (χ4v) is 2.70. The Bertz CT molecular complexity index is 557. The van der Waals surface area contributed by atoms with Gasteiger partial charge in [-0.25, -0.2) is 0 Å². The van der Waals surface area contributed by atoms with Crippen LogP contribution < -0.4 is 5.32 Å². The SMILES string of the molecule is CC(=O)N[C@H](C)c1ccc(C(=O)N2C(C)C=CC2C)cc1.[HH]. The third-order valence-corrected chi connectivity index (χ3v) is 3.86. The molecule has 0 aromatic heterocycles. The quantitative estimate of drug-likeness (QED) is 0.869. The van der Waals surface area contributed by atoms with Gasteiger partial charge in [-0.05, 0) is 38.5 Å². The monoisotopic (exact) mass is 288 g/mol. The predicted octanol–water partition coefficient (Wildman–Crippen LogP) is 2.92. The van der Waals surface area contributed by atoms with Crippen LogP contribution in [0.1, 0.15) is 51.1 Å². The van der Waals surface area contributed by atoms with E-state index in [1.807, 2.05) is 49.9 Å². The van der Waals surface area contributed by atoms with Crippen LogP contribution in [0.15, 0.2) is 36.4 Å². The molecule has 0 saturated carbocycles. The number of nitrogens with one attached hydrogen (secondary N) is 1. The van der Waals surface area contributed by atoms with Crippen molar-refractivity contribution < 1.29 is 11.0 Å². The van der Waals surface area contributed by atoms with Crippen LogP contribution in [0.3, 0.4) is 0 Å². The first-order chi connectivity index (χ1) is 9.90. The van der Waals surface area contributed by atoms with Crippen molar-refractivity contribution in [2.75, 3.05) is 0 Å². The maximum absolute atomic E-state index is 12.5. The van der Waals surface area contributed by atoms with Crippen molar-refractivity contribution in [1.82, 2.24) is 10.2 Å². The van der Waals surface area contributed by atoms with Crippen LogP contribution in [0.2, 0.25) is 0 Å². The van der Waals surface area contributed by atoms with Crippen molar-refractivity contribution in [3.63, 3.8) is 0 Å². The molecular formula is C17H24N2O2. The van der Waals surface area contributed by atoms with E-state index in [1.165, 1.54) is 6.92 Å². The molecule has 4 heteroatoms. The van der Waals surface area contributed by atoms with E-state index in [0.29, 0.717) is 5.56 Å². The fourth-order valence-electron chi connectivity index (χ4n) is 2.70. The molecule has 2 unspecified atom stereocenters. The van der Waals surface area contributed by atoms with E-state index in [4.69, 9.17) is 0 Å². The minimum absolute atomic E-state index is 0. The summed E-state index contributed by atoms with van der Waals surface area (Å²) in [5.74, 6) is -0.0211.